The number of amides is 2. The van der Waals surface area contributed by atoms with Gasteiger partial charge in [0, 0.05) is 18.9 Å². The van der Waals surface area contributed by atoms with E-state index in [-0.39, 0.29) is 11.7 Å². The Bertz CT molecular complexity index is 1830. The molecule has 0 radical (unpaired) electrons. The van der Waals surface area contributed by atoms with E-state index < -0.39 is 28.2 Å². The highest BCUT2D eigenvalue weighted by Crippen LogP contribution is 2.40. The Morgan fingerprint density at radius 1 is 0.654 bits per heavy atom. The third-order valence-electron chi connectivity index (χ3n) is 9.20. The van der Waals surface area contributed by atoms with Crippen molar-refractivity contribution in [3.63, 3.8) is 0 Å². The number of hydrogen-bond donors (Lipinski definition) is 3. The molecule has 0 saturated heterocycles. The first-order valence-electron chi connectivity index (χ1n) is 17.2. The van der Waals surface area contributed by atoms with Crippen molar-refractivity contribution in [2.24, 2.45) is 10.8 Å². The Morgan fingerprint density at radius 3 is 1.62 bits per heavy atom. The molecule has 0 aliphatic rings. The average Bonchev–Trinajstić information content (AvgIpc) is 3.63. The number of Topliss-reactive ketones (excluding diaryl/α,β-unsaturated/α-hetero) is 1. The zero-order valence-corrected chi connectivity index (χ0v) is 30.4. The second-order valence-corrected chi connectivity index (χ2v) is 13.6. The van der Waals surface area contributed by atoms with Gasteiger partial charge in [0.15, 0.2) is 0 Å². The van der Waals surface area contributed by atoms with Crippen LogP contribution in [0, 0.1) is 10.8 Å². The van der Waals surface area contributed by atoms with Gasteiger partial charge in [-0.25, -0.2) is 4.98 Å². The molecule has 3 N–H and O–H groups in total. The molecule has 0 atom stereocenters. The van der Waals surface area contributed by atoms with Crippen LogP contribution in [0.1, 0.15) is 69.1 Å². The van der Waals surface area contributed by atoms with E-state index in [0.29, 0.717) is 25.9 Å². The molecule has 10 nitrogen and oxygen atoms in total. The molecular formula is C42H47N5O5. The van der Waals surface area contributed by atoms with Gasteiger partial charge < -0.3 is 20.3 Å². The summed E-state index contributed by atoms with van der Waals surface area (Å²) in [6.45, 7) is 8.18. The first-order chi connectivity index (χ1) is 24.8. The maximum atomic E-state index is 12.2. The average molecular weight is 702 g/mol. The minimum Gasteiger partial charge on any atom is -0.480 e. The Morgan fingerprint density at radius 2 is 1.15 bits per heavy atom. The SMILES string of the molecule is CC(=O)C(C)(C)C(=O)NCc1ccccn1.CC(C)(C(=O)O)C(=O)NCCCc1cn(C(c2ccccc2)(c2ccccc2)c2ccccc2)cn1. The number of carboxylic acids is 1. The molecule has 0 aliphatic heterocycles. The summed E-state index contributed by atoms with van der Waals surface area (Å²) >= 11 is 0. The Labute approximate surface area is 305 Å². The number of ketones is 1. The van der Waals surface area contributed by atoms with Crippen molar-refractivity contribution in [3.05, 3.63) is 156 Å². The van der Waals surface area contributed by atoms with E-state index in [1.807, 2.05) is 42.7 Å². The molecule has 52 heavy (non-hydrogen) atoms. The number of carboxylic acid groups (broad SMARTS) is 1. The summed E-state index contributed by atoms with van der Waals surface area (Å²) < 4.78 is 2.16. The predicted octanol–water partition coefficient (Wildman–Crippen LogP) is 6.20. The third kappa shape index (κ3) is 9.06. The van der Waals surface area contributed by atoms with Gasteiger partial charge in [0.2, 0.25) is 11.8 Å². The standard InChI is InChI=1S/C30H31N3O3.C12H16N2O2/c1-29(2,28(35)36)27(34)31-20-12-19-26-21-33(22-32-26)30(23-13-6-3-7-14-23,24-15-8-4-9-16-24)25-17-10-5-11-18-25;1-9(15)12(2,3)11(16)14-8-10-6-4-5-7-13-10/h3-11,13-18,21-22H,12,19-20H2,1-2H3,(H,31,34)(H,35,36);4-7H,8H2,1-3H3,(H,14,16). The van der Waals surface area contributed by atoms with Gasteiger partial charge >= 0.3 is 5.97 Å². The lowest BCUT2D eigenvalue weighted by atomic mass is 9.77. The Hall–Kier alpha value is -5.90. The zero-order chi connectivity index (χ0) is 37.8. The number of imidazole rings is 1. The predicted molar refractivity (Wildman–Crippen MR) is 200 cm³/mol. The molecule has 10 heteroatoms. The van der Waals surface area contributed by atoms with E-state index in [4.69, 9.17) is 4.98 Å². The molecule has 0 aliphatic carbocycles. The third-order valence-corrected chi connectivity index (χ3v) is 9.20. The van der Waals surface area contributed by atoms with Crippen LogP contribution in [0.15, 0.2) is 128 Å². The van der Waals surface area contributed by atoms with Crippen molar-refractivity contribution in [1.82, 2.24) is 25.2 Å². The lowest BCUT2D eigenvalue weighted by Crippen LogP contribution is -2.42. The maximum Gasteiger partial charge on any atom is 0.318 e. The van der Waals surface area contributed by atoms with Gasteiger partial charge in [-0.1, -0.05) is 97.1 Å². The zero-order valence-electron chi connectivity index (χ0n) is 30.4. The van der Waals surface area contributed by atoms with E-state index in [1.165, 1.54) is 20.8 Å². The van der Waals surface area contributed by atoms with Crippen LogP contribution in [0.3, 0.4) is 0 Å². The van der Waals surface area contributed by atoms with E-state index in [2.05, 4.69) is 99.2 Å². The number of aryl methyl sites for hydroxylation is 1. The number of aromatic nitrogens is 3. The summed E-state index contributed by atoms with van der Waals surface area (Å²) in [5.41, 5.74) is 1.98. The quantitative estimate of drug-likeness (QED) is 0.0711. The molecule has 2 amide bonds. The maximum absolute atomic E-state index is 12.2. The van der Waals surface area contributed by atoms with Crippen LogP contribution in [-0.4, -0.2) is 49.8 Å². The van der Waals surface area contributed by atoms with Crippen LogP contribution in [0.2, 0.25) is 0 Å². The second-order valence-electron chi connectivity index (χ2n) is 13.6. The highest BCUT2D eigenvalue weighted by Gasteiger charge is 2.39. The Kier molecular flexibility index (Phi) is 13.0. The van der Waals surface area contributed by atoms with Crippen LogP contribution < -0.4 is 10.6 Å². The van der Waals surface area contributed by atoms with Crippen LogP contribution in [0.4, 0.5) is 0 Å². The minimum absolute atomic E-state index is 0.147. The van der Waals surface area contributed by atoms with Gasteiger partial charge in [-0.05, 0) is 76.3 Å². The van der Waals surface area contributed by atoms with E-state index in [9.17, 15) is 24.3 Å². The van der Waals surface area contributed by atoms with Crippen molar-refractivity contribution < 1.29 is 24.3 Å². The molecule has 270 valence electrons. The smallest absolute Gasteiger partial charge is 0.318 e. The number of carbonyl (C=O) groups excluding carboxylic acids is 3. The van der Waals surface area contributed by atoms with Crippen molar-refractivity contribution in [2.45, 2.75) is 59.5 Å². The summed E-state index contributed by atoms with van der Waals surface area (Å²) in [5, 5.41) is 14.7. The van der Waals surface area contributed by atoms with Crippen LogP contribution in [0.25, 0.3) is 0 Å². The largest absolute Gasteiger partial charge is 0.480 e. The first-order valence-corrected chi connectivity index (χ1v) is 17.2. The number of carbonyl (C=O) groups is 4. The number of pyridine rings is 1. The number of benzene rings is 3. The molecule has 0 spiro atoms. The molecule has 5 rings (SSSR count). The van der Waals surface area contributed by atoms with Gasteiger partial charge in [-0.3, -0.25) is 24.2 Å². The second kappa shape index (κ2) is 17.4. The summed E-state index contributed by atoms with van der Waals surface area (Å²) in [6.07, 6.45) is 6.89. The number of nitrogens with zero attached hydrogens (tertiary/aromatic N) is 3. The van der Waals surface area contributed by atoms with Gasteiger partial charge in [0.25, 0.3) is 0 Å². The molecule has 0 saturated carbocycles. The summed E-state index contributed by atoms with van der Waals surface area (Å²) in [5.74, 6) is -2.05. The molecule has 0 fully saturated rings. The fourth-order valence-corrected chi connectivity index (χ4v) is 5.51. The fraction of sp³-hybridized carbons (Fsp3) is 0.286. The lowest BCUT2D eigenvalue weighted by molar-refractivity contribution is -0.153. The monoisotopic (exact) mass is 701 g/mol. The summed E-state index contributed by atoms with van der Waals surface area (Å²) in [6, 6.07) is 36.7. The molecular weight excluding hydrogens is 654 g/mol. The van der Waals surface area contributed by atoms with Gasteiger partial charge in [-0.15, -0.1) is 0 Å². The van der Waals surface area contributed by atoms with Crippen LogP contribution in [0.5, 0.6) is 0 Å². The van der Waals surface area contributed by atoms with Crippen molar-refractivity contribution >= 4 is 23.6 Å². The minimum atomic E-state index is -1.46. The lowest BCUT2D eigenvalue weighted by Gasteiger charge is -2.37. The first kappa shape index (κ1) is 38.9. The van der Waals surface area contributed by atoms with Crippen molar-refractivity contribution in [3.8, 4) is 0 Å². The Balaban J connectivity index is 0.000000317. The number of hydrogen-bond acceptors (Lipinski definition) is 6. The van der Waals surface area contributed by atoms with E-state index in [1.54, 1.807) is 20.0 Å². The molecule has 3 aromatic carbocycles. The highest BCUT2D eigenvalue weighted by atomic mass is 16.4. The van der Waals surface area contributed by atoms with Crippen LogP contribution >= 0.6 is 0 Å². The normalized spacial score (nSPS) is 11.5. The molecule has 2 heterocycles. The summed E-state index contributed by atoms with van der Waals surface area (Å²) in [7, 11) is 0. The highest BCUT2D eigenvalue weighted by molar-refractivity contribution is 6.04. The number of aliphatic carboxylic acids is 1. The van der Waals surface area contributed by atoms with Gasteiger partial charge in [-0.2, -0.15) is 0 Å². The van der Waals surface area contributed by atoms with Crippen molar-refractivity contribution in [1.29, 1.82) is 0 Å². The molecule has 2 aromatic heterocycles. The molecule has 0 unspecified atom stereocenters. The van der Waals surface area contributed by atoms with Crippen molar-refractivity contribution in [2.75, 3.05) is 6.54 Å². The van der Waals surface area contributed by atoms with E-state index >= 15 is 0 Å². The number of rotatable bonds is 14. The summed E-state index contributed by atoms with van der Waals surface area (Å²) in [4.78, 5) is 55.3. The fourth-order valence-electron chi connectivity index (χ4n) is 5.51. The molecule has 5 aromatic rings. The van der Waals surface area contributed by atoms with E-state index in [0.717, 1.165) is 28.1 Å². The van der Waals surface area contributed by atoms with Crippen LogP contribution in [-0.2, 0) is 37.7 Å². The van der Waals surface area contributed by atoms with Gasteiger partial charge in [0.05, 0.1) is 24.3 Å². The molecule has 0 bridgehead atoms. The van der Waals surface area contributed by atoms with Gasteiger partial charge in [0.1, 0.15) is 22.2 Å². The number of nitrogens with one attached hydrogen (secondary N) is 2. The topological polar surface area (TPSA) is 143 Å².